The molecule has 2 rings (SSSR count). The molecule has 0 unspecified atom stereocenters. The summed E-state index contributed by atoms with van der Waals surface area (Å²) in [6.45, 7) is 1.61. The van der Waals surface area contributed by atoms with Crippen molar-refractivity contribution in [2.75, 3.05) is 5.32 Å². The first-order chi connectivity index (χ1) is 11.3. The van der Waals surface area contributed by atoms with Gasteiger partial charge < -0.3 is 5.32 Å². The summed E-state index contributed by atoms with van der Waals surface area (Å²) in [5.74, 6) is -1.28. The minimum atomic E-state index is -0.729. The van der Waals surface area contributed by atoms with Gasteiger partial charge in [0.15, 0.2) is 11.6 Å². The van der Waals surface area contributed by atoms with E-state index in [0.29, 0.717) is 16.9 Å². The average Bonchev–Trinajstić information content (AvgIpc) is 2.50. The van der Waals surface area contributed by atoms with Gasteiger partial charge in [0, 0.05) is 22.4 Å². The standard InChI is InChI=1S/C16H9BrCl2FN3O/c1-8(2-14(24)15-10(17)6-22-7-13(15)20)23-16-11(18)3-9(5-21)4-12(16)19/h2-4,6-7,23H,1H3/b8-2+. The Morgan fingerprint density at radius 3 is 2.54 bits per heavy atom. The molecule has 0 saturated carbocycles. The number of aromatic nitrogens is 1. The van der Waals surface area contributed by atoms with E-state index < -0.39 is 11.6 Å². The predicted octanol–water partition coefficient (Wildman–Crippen LogP) is 5.36. The lowest BCUT2D eigenvalue weighted by Crippen LogP contribution is -2.05. The average molecular weight is 429 g/mol. The molecule has 0 radical (unpaired) electrons. The molecule has 0 atom stereocenters. The minimum Gasteiger partial charge on any atom is -0.357 e. The molecule has 8 heteroatoms. The summed E-state index contributed by atoms with van der Waals surface area (Å²) in [6.07, 6.45) is 3.51. The smallest absolute Gasteiger partial charge is 0.191 e. The van der Waals surface area contributed by atoms with Crippen LogP contribution in [0.4, 0.5) is 10.1 Å². The fourth-order valence-corrected chi connectivity index (χ4v) is 2.99. The largest absolute Gasteiger partial charge is 0.357 e. The molecule has 0 aliphatic heterocycles. The van der Waals surface area contributed by atoms with Crippen molar-refractivity contribution in [2.45, 2.75) is 6.92 Å². The van der Waals surface area contributed by atoms with Crippen LogP contribution >= 0.6 is 39.1 Å². The van der Waals surface area contributed by atoms with Crippen LogP contribution in [0.15, 0.2) is 40.8 Å². The summed E-state index contributed by atoms with van der Waals surface area (Å²) in [4.78, 5) is 15.9. The third kappa shape index (κ3) is 4.12. The third-order valence-electron chi connectivity index (χ3n) is 2.94. The van der Waals surface area contributed by atoms with E-state index in [-0.39, 0.29) is 20.1 Å². The van der Waals surface area contributed by atoms with Gasteiger partial charge in [0.1, 0.15) is 0 Å². The second-order valence-corrected chi connectivity index (χ2v) is 6.39. The molecule has 0 saturated heterocycles. The van der Waals surface area contributed by atoms with Gasteiger partial charge in [-0.2, -0.15) is 5.26 Å². The molecule has 0 spiro atoms. The Bertz CT molecular complexity index is 850. The summed E-state index contributed by atoms with van der Waals surface area (Å²) in [6, 6.07) is 4.83. The Labute approximate surface area is 156 Å². The molecule has 0 aliphatic carbocycles. The number of nitriles is 1. The zero-order valence-electron chi connectivity index (χ0n) is 12.2. The Hall–Kier alpha value is -1.94. The van der Waals surface area contributed by atoms with Crippen molar-refractivity contribution < 1.29 is 9.18 Å². The highest BCUT2D eigenvalue weighted by atomic mass is 79.9. The van der Waals surface area contributed by atoms with Crippen LogP contribution in [-0.2, 0) is 0 Å². The highest BCUT2D eigenvalue weighted by molar-refractivity contribution is 9.10. The summed E-state index contributed by atoms with van der Waals surface area (Å²) >= 11 is 15.2. The molecule has 0 bridgehead atoms. The van der Waals surface area contributed by atoms with Crippen LogP contribution in [0.25, 0.3) is 0 Å². The number of carbonyl (C=O) groups is 1. The maximum atomic E-state index is 13.8. The van der Waals surface area contributed by atoms with E-state index >= 15 is 0 Å². The number of nitrogens with one attached hydrogen (secondary N) is 1. The Morgan fingerprint density at radius 1 is 1.38 bits per heavy atom. The fraction of sp³-hybridized carbons (Fsp3) is 0.0625. The highest BCUT2D eigenvalue weighted by Gasteiger charge is 2.15. The molecule has 1 heterocycles. The van der Waals surface area contributed by atoms with Gasteiger partial charge in [-0.15, -0.1) is 0 Å². The van der Waals surface area contributed by atoms with Crippen molar-refractivity contribution in [1.29, 1.82) is 5.26 Å². The number of anilines is 1. The Balaban J connectivity index is 2.30. The molecular weight excluding hydrogens is 420 g/mol. The van der Waals surface area contributed by atoms with Crippen LogP contribution in [0.1, 0.15) is 22.8 Å². The van der Waals surface area contributed by atoms with E-state index in [1.165, 1.54) is 24.4 Å². The minimum absolute atomic E-state index is 0.122. The van der Waals surface area contributed by atoms with Crippen molar-refractivity contribution >= 4 is 50.6 Å². The van der Waals surface area contributed by atoms with E-state index in [1.807, 2.05) is 6.07 Å². The summed E-state index contributed by atoms with van der Waals surface area (Å²) in [5.41, 5.74) is 0.948. The first-order valence-electron chi connectivity index (χ1n) is 6.51. The summed E-state index contributed by atoms with van der Waals surface area (Å²) in [5, 5.41) is 12.2. The maximum absolute atomic E-state index is 13.8. The lowest BCUT2D eigenvalue weighted by atomic mass is 10.1. The number of nitrogens with zero attached hydrogens (tertiary/aromatic N) is 2. The summed E-state index contributed by atoms with van der Waals surface area (Å²) < 4.78 is 14.0. The predicted molar refractivity (Wildman–Crippen MR) is 94.8 cm³/mol. The van der Waals surface area contributed by atoms with E-state index in [2.05, 4.69) is 26.2 Å². The first-order valence-corrected chi connectivity index (χ1v) is 8.06. The van der Waals surface area contributed by atoms with Crippen molar-refractivity contribution in [3.05, 3.63) is 67.8 Å². The molecule has 122 valence electrons. The molecule has 1 N–H and O–H groups in total. The summed E-state index contributed by atoms with van der Waals surface area (Å²) in [7, 11) is 0. The van der Waals surface area contributed by atoms with Crippen LogP contribution in [0.2, 0.25) is 10.0 Å². The van der Waals surface area contributed by atoms with Gasteiger partial charge in [-0.25, -0.2) is 4.39 Å². The molecular formula is C16H9BrCl2FN3O. The topological polar surface area (TPSA) is 65.8 Å². The van der Waals surface area contributed by atoms with E-state index in [4.69, 9.17) is 28.5 Å². The van der Waals surface area contributed by atoms with E-state index in [9.17, 15) is 9.18 Å². The molecule has 2 aromatic rings. The van der Waals surface area contributed by atoms with Gasteiger partial charge in [-0.3, -0.25) is 9.78 Å². The van der Waals surface area contributed by atoms with Crippen LogP contribution in [0, 0.1) is 17.1 Å². The number of allylic oxidation sites excluding steroid dienone is 2. The molecule has 0 fully saturated rings. The van der Waals surface area contributed by atoms with Gasteiger partial charge in [0.2, 0.25) is 0 Å². The number of ketones is 1. The molecule has 1 aromatic carbocycles. The van der Waals surface area contributed by atoms with Crippen LogP contribution < -0.4 is 5.32 Å². The zero-order chi connectivity index (χ0) is 17.9. The SMILES string of the molecule is C/C(=C\C(=O)c1c(F)cncc1Br)Nc1c(Cl)cc(C#N)cc1Cl. The van der Waals surface area contributed by atoms with E-state index in [0.717, 1.165) is 6.20 Å². The van der Waals surface area contributed by atoms with Gasteiger partial charge in [-0.1, -0.05) is 23.2 Å². The number of hydrogen-bond donors (Lipinski definition) is 1. The number of hydrogen-bond acceptors (Lipinski definition) is 4. The monoisotopic (exact) mass is 427 g/mol. The molecule has 1 aromatic heterocycles. The number of carbonyl (C=O) groups excluding carboxylic acids is 1. The molecule has 0 aliphatic rings. The lowest BCUT2D eigenvalue weighted by Gasteiger charge is -2.11. The molecule has 0 amide bonds. The first kappa shape index (κ1) is 18.4. The Morgan fingerprint density at radius 2 is 2.00 bits per heavy atom. The van der Waals surface area contributed by atoms with Crippen molar-refractivity contribution in [3.63, 3.8) is 0 Å². The fourth-order valence-electron chi connectivity index (χ4n) is 1.91. The number of rotatable bonds is 4. The second-order valence-electron chi connectivity index (χ2n) is 4.72. The van der Waals surface area contributed by atoms with E-state index in [1.54, 1.807) is 6.92 Å². The third-order valence-corrected chi connectivity index (χ3v) is 4.14. The van der Waals surface area contributed by atoms with Gasteiger partial charge in [0.25, 0.3) is 0 Å². The maximum Gasteiger partial charge on any atom is 0.191 e. The second kappa shape index (κ2) is 7.75. The number of halogens is 4. The van der Waals surface area contributed by atoms with Crippen LogP contribution in [0.5, 0.6) is 0 Å². The van der Waals surface area contributed by atoms with Gasteiger partial charge in [0.05, 0.1) is 39.1 Å². The molecule has 4 nitrogen and oxygen atoms in total. The number of benzene rings is 1. The molecule has 24 heavy (non-hydrogen) atoms. The highest BCUT2D eigenvalue weighted by Crippen LogP contribution is 2.32. The van der Waals surface area contributed by atoms with Crippen LogP contribution in [-0.4, -0.2) is 10.8 Å². The van der Waals surface area contributed by atoms with Gasteiger partial charge >= 0.3 is 0 Å². The zero-order valence-corrected chi connectivity index (χ0v) is 15.3. The lowest BCUT2D eigenvalue weighted by molar-refractivity contribution is 0.104. The number of pyridine rings is 1. The van der Waals surface area contributed by atoms with Crippen LogP contribution in [0.3, 0.4) is 0 Å². The van der Waals surface area contributed by atoms with Crippen molar-refractivity contribution in [2.24, 2.45) is 0 Å². The quantitative estimate of drug-likeness (QED) is 0.525. The normalized spacial score (nSPS) is 11.1. The van der Waals surface area contributed by atoms with Crippen molar-refractivity contribution in [1.82, 2.24) is 4.98 Å². The Kier molecular flexibility index (Phi) is 5.94. The van der Waals surface area contributed by atoms with Gasteiger partial charge in [-0.05, 0) is 35.0 Å². The van der Waals surface area contributed by atoms with Crippen molar-refractivity contribution in [3.8, 4) is 6.07 Å².